The van der Waals surface area contributed by atoms with Crippen molar-refractivity contribution < 1.29 is 9.53 Å². The first-order chi connectivity index (χ1) is 7.40. The first-order valence-corrected chi connectivity index (χ1v) is 5.97. The average Bonchev–Trinajstić information content (AvgIpc) is 2.43. The molecule has 90 valence electrons. The van der Waals surface area contributed by atoms with E-state index in [4.69, 9.17) is 10.00 Å². The van der Waals surface area contributed by atoms with Gasteiger partial charge < -0.3 is 4.74 Å². The van der Waals surface area contributed by atoms with Crippen molar-refractivity contribution >= 4 is 5.97 Å². The fourth-order valence-corrected chi connectivity index (χ4v) is 2.93. The van der Waals surface area contributed by atoms with Crippen molar-refractivity contribution in [3.63, 3.8) is 0 Å². The minimum atomic E-state index is -0.333. The number of ether oxygens (including phenoxy) is 1. The van der Waals surface area contributed by atoms with Crippen molar-refractivity contribution in [3.8, 4) is 6.07 Å². The highest BCUT2D eigenvalue weighted by Crippen LogP contribution is 2.46. The number of nitriles is 1. The van der Waals surface area contributed by atoms with Gasteiger partial charge >= 0.3 is 5.97 Å². The van der Waals surface area contributed by atoms with E-state index in [1.807, 2.05) is 6.92 Å². The second-order valence-electron chi connectivity index (χ2n) is 5.24. The maximum atomic E-state index is 11.1. The van der Waals surface area contributed by atoms with E-state index >= 15 is 0 Å². The summed E-state index contributed by atoms with van der Waals surface area (Å²) in [4.78, 5) is 11.1. The topological polar surface area (TPSA) is 50.1 Å². The zero-order valence-corrected chi connectivity index (χ0v) is 10.6. The van der Waals surface area contributed by atoms with E-state index in [-0.39, 0.29) is 11.6 Å². The standard InChI is InChI=1S/C13H21NO2/c1-9(6-8-14)12-5-7-13(4,10(12)2)16-11(3)15/h9-10,12H,5-7H2,1-4H3/t9?,10-,12+,13-/m1/s1. The molecular formula is C13H21NO2. The number of hydrogen-bond donors (Lipinski definition) is 0. The lowest BCUT2D eigenvalue weighted by molar-refractivity contribution is -0.159. The highest BCUT2D eigenvalue weighted by atomic mass is 16.6. The van der Waals surface area contributed by atoms with Crippen molar-refractivity contribution in [3.05, 3.63) is 0 Å². The lowest BCUT2D eigenvalue weighted by Crippen LogP contribution is -2.36. The average molecular weight is 223 g/mol. The van der Waals surface area contributed by atoms with E-state index in [2.05, 4.69) is 19.9 Å². The molecule has 0 radical (unpaired) electrons. The van der Waals surface area contributed by atoms with Gasteiger partial charge in [0.15, 0.2) is 0 Å². The van der Waals surface area contributed by atoms with Crippen LogP contribution in [0.25, 0.3) is 0 Å². The summed E-state index contributed by atoms with van der Waals surface area (Å²) < 4.78 is 5.45. The van der Waals surface area contributed by atoms with Crippen LogP contribution in [0.5, 0.6) is 0 Å². The van der Waals surface area contributed by atoms with Crippen LogP contribution < -0.4 is 0 Å². The second-order valence-corrected chi connectivity index (χ2v) is 5.24. The van der Waals surface area contributed by atoms with Gasteiger partial charge in [-0.2, -0.15) is 5.26 Å². The highest BCUT2D eigenvalue weighted by molar-refractivity contribution is 5.66. The Morgan fingerprint density at radius 2 is 2.31 bits per heavy atom. The summed E-state index contributed by atoms with van der Waals surface area (Å²) in [6.45, 7) is 7.72. The number of carbonyl (C=O) groups excluding carboxylic acids is 1. The largest absolute Gasteiger partial charge is 0.459 e. The highest BCUT2D eigenvalue weighted by Gasteiger charge is 2.46. The third-order valence-corrected chi connectivity index (χ3v) is 4.10. The molecule has 1 aliphatic rings. The van der Waals surface area contributed by atoms with Crippen LogP contribution in [-0.4, -0.2) is 11.6 Å². The van der Waals surface area contributed by atoms with Crippen LogP contribution in [0.2, 0.25) is 0 Å². The smallest absolute Gasteiger partial charge is 0.303 e. The van der Waals surface area contributed by atoms with E-state index < -0.39 is 0 Å². The number of esters is 1. The minimum absolute atomic E-state index is 0.206. The van der Waals surface area contributed by atoms with Crippen LogP contribution in [0.1, 0.15) is 47.0 Å². The second kappa shape index (κ2) is 4.86. The van der Waals surface area contributed by atoms with Gasteiger partial charge in [0.05, 0.1) is 6.07 Å². The monoisotopic (exact) mass is 223 g/mol. The summed E-state index contributed by atoms with van der Waals surface area (Å²) in [6, 6.07) is 2.23. The summed E-state index contributed by atoms with van der Waals surface area (Å²) in [5, 5.41) is 8.72. The molecule has 0 bridgehead atoms. The summed E-state index contributed by atoms with van der Waals surface area (Å²) in [5.41, 5.74) is -0.333. The molecule has 1 rings (SSSR count). The third kappa shape index (κ3) is 2.55. The van der Waals surface area contributed by atoms with Gasteiger partial charge in [-0.15, -0.1) is 0 Å². The molecular weight excluding hydrogens is 202 g/mol. The normalized spacial score (nSPS) is 35.4. The van der Waals surface area contributed by atoms with Gasteiger partial charge in [-0.3, -0.25) is 4.79 Å². The predicted molar refractivity (Wildman–Crippen MR) is 61.5 cm³/mol. The Morgan fingerprint density at radius 3 is 2.81 bits per heavy atom. The van der Waals surface area contributed by atoms with Crippen LogP contribution in [0.4, 0.5) is 0 Å². The van der Waals surface area contributed by atoms with Crippen LogP contribution in [0.15, 0.2) is 0 Å². The zero-order chi connectivity index (χ0) is 12.3. The van der Waals surface area contributed by atoms with E-state index in [0.29, 0.717) is 24.2 Å². The van der Waals surface area contributed by atoms with Crippen LogP contribution >= 0.6 is 0 Å². The molecule has 0 heterocycles. The minimum Gasteiger partial charge on any atom is -0.459 e. The zero-order valence-electron chi connectivity index (χ0n) is 10.6. The Hall–Kier alpha value is -1.04. The molecule has 0 aromatic carbocycles. The molecule has 16 heavy (non-hydrogen) atoms. The number of nitrogens with zero attached hydrogens (tertiary/aromatic N) is 1. The van der Waals surface area contributed by atoms with E-state index in [1.54, 1.807) is 0 Å². The fourth-order valence-electron chi connectivity index (χ4n) is 2.93. The van der Waals surface area contributed by atoms with Crippen molar-refractivity contribution in [2.75, 3.05) is 0 Å². The summed E-state index contributed by atoms with van der Waals surface area (Å²) >= 11 is 0. The molecule has 1 unspecified atom stereocenters. The third-order valence-electron chi connectivity index (χ3n) is 4.10. The van der Waals surface area contributed by atoms with Crippen molar-refractivity contribution in [2.24, 2.45) is 17.8 Å². The molecule has 0 aromatic heterocycles. The predicted octanol–water partition coefficient (Wildman–Crippen LogP) is 2.90. The molecule has 0 spiro atoms. The molecule has 0 saturated heterocycles. The Bertz CT molecular complexity index is 308. The quantitative estimate of drug-likeness (QED) is 0.691. The number of carbonyl (C=O) groups is 1. The van der Waals surface area contributed by atoms with Gasteiger partial charge in [-0.1, -0.05) is 13.8 Å². The molecule has 1 fully saturated rings. The molecule has 3 heteroatoms. The van der Waals surface area contributed by atoms with Gasteiger partial charge in [0.2, 0.25) is 0 Å². The lowest BCUT2D eigenvalue weighted by Gasteiger charge is -2.32. The summed E-state index contributed by atoms with van der Waals surface area (Å²) in [6.07, 6.45) is 2.55. The number of hydrogen-bond acceptors (Lipinski definition) is 3. The van der Waals surface area contributed by atoms with Crippen LogP contribution in [0, 0.1) is 29.1 Å². The van der Waals surface area contributed by atoms with Gasteiger partial charge in [0.25, 0.3) is 0 Å². The first-order valence-electron chi connectivity index (χ1n) is 5.97. The molecule has 0 N–H and O–H groups in total. The molecule has 4 atom stereocenters. The maximum absolute atomic E-state index is 11.1. The molecule has 1 saturated carbocycles. The molecule has 0 aromatic rings. The summed E-state index contributed by atoms with van der Waals surface area (Å²) in [5.74, 6) is 1.00. The Balaban J connectivity index is 2.69. The lowest BCUT2D eigenvalue weighted by atomic mass is 9.80. The first kappa shape index (κ1) is 13.0. The van der Waals surface area contributed by atoms with Gasteiger partial charge in [-0.05, 0) is 37.5 Å². The van der Waals surface area contributed by atoms with Crippen LogP contribution in [-0.2, 0) is 9.53 Å². The van der Waals surface area contributed by atoms with E-state index in [0.717, 1.165) is 12.8 Å². The molecule has 0 amide bonds. The van der Waals surface area contributed by atoms with Gasteiger partial charge in [0.1, 0.15) is 5.60 Å². The van der Waals surface area contributed by atoms with Crippen molar-refractivity contribution in [2.45, 2.75) is 52.6 Å². The van der Waals surface area contributed by atoms with E-state index in [9.17, 15) is 4.79 Å². The Kier molecular flexibility index (Phi) is 3.96. The van der Waals surface area contributed by atoms with E-state index in [1.165, 1.54) is 6.92 Å². The Labute approximate surface area is 97.8 Å². The Morgan fingerprint density at radius 1 is 1.69 bits per heavy atom. The summed E-state index contributed by atoms with van der Waals surface area (Å²) in [7, 11) is 0. The van der Waals surface area contributed by atoms with Crippen molar-refractivity contribution in [1.29, 1.82) is 5.26 Å². The van der Waals surface area contributed by atoms with Crippen molar-refractivity contribution in [1.82, 2.24) is 0 Å². The molecule has 3 nitrogen and oxygen atoms in total. The van der Waals surface area contributed by atoms with Gasteiger partial charge in [0, 0.05) is 13.3 Å². The van der Waals surface area contributed by atoms with Crippen LogP contribution in [0.3, 0.4) is 0 Å². The molecule has 0 aliphatic heterocycles. The fraction of sp³-hybridized carbons (Fsp3) is 0.846. The number of rotatable bonds is 3. The SMILES string of the molecule is CC(=O)O[C@]1(C)CC[C@@H](C(C)CC#N)[C@H]1C. The molecule has 1 aliphatic carbocycles. The van der Waals surface area contributed by atoms with Gasteiger partial charge in [-0.25, -0.2) is 0 Å². The maximum Gasteiger partial charge on any atom is 0.303 e.